The molecule has 2 aromatic rings. The first-order chi connectivity index (χ1) is 10.0. The van der Waals surface area contributed by atoms with E-state index >= 15 is 0 Å². The maximum absolute atomic E-state index is 12.1. The van der Waals surface area contributed by atoms with Crippen molar-refractivity contribution in [2.24, 2.45) is 11.7 Å². The number of hydrogen-bond donors (Lipinski definition) is 2. The summed E-state index contributed by atoms with van der Waals surface area (Å²) in [5.41, 5.74) is 7.91. The Hall–Kier alpha value is -1.23. The van der Waals surface area contributed by atoms with Crippen molar-refractivity contribution in [1.29, 1.82) is 0 Å². The second kappa shape index (κ2) is 9.81. The number of hydrogen-bond acceptors (Lipinski definition) is 2. The van der Waals surface area contributed by atoms with Crippen LogP contribution in [0.5, 0.6) is 0 Å². The maximum atomic E-state index is 12.1. The number of carbonyl (C=O) groups is 1. The first-order valence-corrected chi connectivity index (χ1v) is 7.66. The van der Waals surface area contributed by atoms with Gasteiger partial charge in [0.15, 0.2) is 0 Å². The number of amides is 1. The third-order valence-electron chi connectivity index (χ3n) is 3.57. The minimum Gasteiger partial charge on any atom is -0.347 e. The summed E-state index contributed by atoms with van der Waals surface area (Å²) in [5.74, 6) is 0.298. The standard InChI is InChI=1S/C17H25N3O.2ClH/c1-4-8-20-9-7-13-11-14(5-6-16(13)20)19-17(21)15(18)10-12(2)3;;/h5-7,9,11-12,15H,4,8,10,18H2,1-3H3,(H,19,21);2*1H/t15-;;/m0../s1. The SMILES string of the molecule is CCCn1ccc2cc(NC(=O)[C@@H](N)CC(C)C)ccc21.Cl.Cl. The summed E-state index contributed by atoms with van der Waals surface area (Å²) in [4.78, 5) is 12.1. The van der Waals surface area contributed by atoms with Gasteiger partial charge in [0, 0.05) is 29.3 Å². The van der Waals surface area contributed by atoms with Crippen molar-refractivity contribution in [1.82, 2.24) is 4.57 Å². The minimum absolute atomic E-state index is 0. The molecule has 0 radical (unpaired) electrons. The molecule has 1 amide bonds. The Labute approximate surface area is 150 Å². The normalized spacial score (nSPS) is 11.7. The Kier molecular flexibility index (Phi) is 9.28. The summed E-state index contributed by atoms with van der Waals surface area (Å²) in [6.45, 7) is 7.30. The number of benzene rings is 1. The molecule has 0 bridgehead atoms. The Morgan fingerprint density at radius 1 is 1.26 bits per heavy atom. The summed E-state index contributed by atoms with van der Waals surface area (Å²) in [6, 6.07) is 7.62. The van der Waals surface area contributed by atoms with Crippen LogP contribution in [0.3, 0.4) is 0 Å². The highest BCUT2D eigenvalue weighted by atomic mass is 35.5. The smallest absolute Gasteiger partial charge is 0.241 e. The number of nitrogens with one attached hydrogen (secondary N) is 1. The first-order valence-electron chi connectivity index (χ1n) is 7.66. The predicted octanol–water partition coefficient (Wildman–Crippen LogP) is 4.21. The van der Waals surface area contributed by atoms with E-state index in [1.807, 2.05) is 12.1 Å². The van der Waals surface area contributed by atoms with Crippen LogP contribution in [0, 0.1) is 5.92 Å². The minimum atomic E-state index is -0.453. The van der Waals surface area contributed by atoms with Crippen LogP contribution in [0.15, 0.2) is 30.5 Å². The highest BCUT2D eigenvalue weighted by molar-refractivity contribution is 5.96. The van der Waals surface area contributed by atoms with Crippen molar-refractivity contribution in [2.75, 3.05) is 5.32 Å². The zero-order valence-corrected chi connectivity index (χ0v) is 15.5. The average molecular weight is 360 g/mol. The molecule has 3 N–H and O–H groups in total. The van der Waals surface area contributed by atoms with E-state index in [9.17, 15) is 4.79 Å². The highest BCUT2D eigenvalue weighted by Crippen LogP contribution is 2.21. The van der Waals surface area contributed by atoms with Crippen molar-refractivity contribution in [3.8, 4) is 0 Å². The van der Waals surface area contributed by atoms with E-state index in [1.54, 1.807) is 0 Å². The average Bonchev–Trinajstić information content (AvgIpc) is 2.81. The molecule has 0 saturated heterocycles. The topological polar surface area (TPSA) is 60.0 Å². The van der Waals surface area contributed by atoms with E-state index in [-0.39, 0.29) is 30.7 Å². The molecule has 0 aliphatic rings. The van der Waals surface area contributed by atoms with Crippen molar-refractivity contribution >= 4 is 47.3 Å². The molecular formula is C17H27Cl2N3O. The molecular weight excluding hydrogens is 333 g/mol. The summed E-state index contributed by atoms with van der Waals surface area (Å²) >= 11 is 0. The van der Waals surface area contributed by atoms with E-state index in [0.717, 1.165) is 24.0 Å². The molecule has 6 heteroatoms. The molecule has 130 valence electrons. The van der Waals surface area contributed by atoms with Crippen molar-refractivity contribution in [3.63, 3.8) is 0 Å². The van der Waals surface area contributed by atoms with Crippen molar-refractivity contribution < 1.29 is 4.79 Å². The lowest BCUT2D eigenvalue weighted by Gasteiger charge is -2.14. The third kappa shape index (κ3) is 5.72. The van der Waals surface area contributed by atoms with Gasteiger partial charge in [0.1, 0.15) is 0 Å². The van der Waals surface area contributed by atoms with Crippen LogP contribution < -0.4 is 11.1 Å². The number of anilines is 1. The second-order valence-electron chi connectivity index (χ2n) is 6.01. The molecule has 0 aliphatic carbocycles. The van der Waals surface area contributed by atoms with Crippen LogP contribution in [0.4, 0.5) is 5.69 Å². The molecule has 0 fully saturated rings. The Morgan fingerprint density at radius 2 is 1.96 bits per heavy atom. The van der Waals surface area contributed by atoms with Crippen LogP contribution in [-0.2, 0) is 11.3 Å². The third-order valence-corrected chi connectivity index (χ3v) is 3.57. The fourth-order valence-corrected chi connectivity index (χ4v) is 2.56. The fraction of sp³-hybridized carbons (Fsp3) is 0.471. The van der Waals surface area contributed by atoms with Crippen LogP contribution in [0.2, 0.25) is 0 Å². The number of nitrogens with zero attached hydrogens (tertiary/aromatic N) is 1. The van der Waals surface area contributed by atoms with E-state index < -0.39 is 6.04 Å². The molecule has 0 saturated carbocycles. The lowest BCUT2D eigenvalue weighted by molar-refractivity contribution is -0.117. The van der Waals surface area contributed by atoms with Gasteiger partial charge in [0.05, 0.1) is 6.04 Å². The van der Waals surface area contributed by atoms with Gasteiger partial charge in [0.25, 0.3) is 0 Å². The zero-order chi connectivity index (χ0) is 15.4. The predicted molar refractivity (Wildman–Crippen MR) is 103 cm³/mol. The van der Waals surface area contributed by atoms with Gasteiger partial charge in [-0.05, 0) is 43.0 Å². The van der Waals surface area contributed by atoms with Gasteiger partial charge in [0.2, 0.25) is 5.91 Å². The monoisotopic (exact) mass is 359 g/mol. The van der Waals surface area contributed by atoms with Gasteiger partial charge in [-0.1, -0.05) is 20.8 Å². The summed E-state index contributed by atoms with van der Waals surface area (Å²) in [7, 11) is 0. The van der Waals surface area contributed by atoms with Crippen molar-refractivity contribution in [2.45, 2.75) is 46.2 Å². The Morgan fingerprint density at radius 3 is 2.57 bits per heavy atom. The van der Waals surface area contributed by atoms with E-state index in [4.69, 9.17) is 5.73 Å². The molecule has 23 heavy (non-hydrogen) atoms. The molecule has 1 aromatic heterocycles. The fourth-order valence-electron chi connectivity index (χ4n) is 2.56. The number of nitrogens with two attached hydrogens (primary N) is 1. The van der Waals surface area contributed by atoms with Gasteiger partial charge in [-0.3, -0.25) is 4.79 Å². The molecule has 0 aliphatic heterocycles. The Bertz CT molecular complexity index is 625. The van der Waals surface area contributed by atoms with Gasteiger partial charge in [-0.25, -0.2) is 0 Å². The quantitative estimate of drug-likeness (QED) is 0.811. The van der Waals surface area contributed by atoms with E-state index in [2.05, 4.69) is 49.0 Å². The van der Waals surface area contributed by atoms with Crippen molar-refractivity contribution in [3.05, 3.63) is 30.5 Å². The highest BCUT2D eigenvalue weighted by Gasteiger charge is 2.15. The molecule has 2 rings (SSSR count). The van der Waals surface area contributed by atoms with Gasteiger partial charge in [-0.2, -0.15) is 0 Å². The van der Waals surface area contributed by atoms with Crippen LogP contribution in [-0.4, -0.2) is 16.5 Å². The Balaban J connectivity index is 0.00000242. The summed E-state index contributed by atoms with van der Waals surface area (Å²) in [5, 5.41) is 4.04. The molecule has 1 atom stereocenters. The van der Waals surface area contributed by atoms with Gasteiger partial charge < -0.3 is 15.6 Å². The molecule has 1 heterocycles. The second-order valence-corrected chi connectivity index (χ2v) is 6.01. The van der Waals surface area contributed by atoms with Crippen LogP contribution >= 0.6 is 24.8 Å². The number of carbonyl (C=O) groups excluding carboxylic acids is 1. The van der Waals surface area contributed by atoms with E-state index in [0.29, 0.717) is 12.3 Å². The molecule has 0 unspecified atom stereocenters. The summed E-state index contributed by atoms with van der Waals surface area (Å²) < 4.78 is 2.23. The number of rotatable bonds is 6. The number of fused-ring (bicyclic) bond motifs is 1. The largest absolute Gasteiger partial charge is 0.347 e. The number of halogens is 2. The first kappa shape index (κ1) is 21.8. The van der Waals surface area contributed by atoms with Gasteiger partial charge >= 0.3 is 0 Å². The zero-order valence-electron chi connectivity index (χ0n) is 13.9. The maximum Gasteiger partial charge on any atom is 0.241 e. The number of aromatic nitrogens is 1. The van der Waals surface area contributed by atoms with Crippen LogP contribution in [0.1, 0.15) is 33.6 Å². The number of aryl methyl sites for hydroxylation is 1. The molecule has 4 nitrogen and oxygen atoms in total. The van der Waals surface area contributed by atoms with Gasteiger partial charge in [-0.15, -0.1) is 24.8 Å². The van der Waals surface area contributed by atoms with Crippen LogP contribution in [0.25, 0.3) is 10.9 Å². The lowest BCUT2D eigenvalue weighted by atomic mass is 10.0. The lowest BCUT2D eigenvalue weighted by Crippen LogP contribution is -2.36. The summed E-state index contributed by atoms with van der Waals surface area (Å²) in [6.07, 6.45) is 3.89. The molecule has 0 spiro atoms. The molecule has 1 aromatic carbocycles. The van der Waals surface area contributed by atoms with E-state index in [1.165, 1.54) is 5.52 Å².